The molecule has 0 saturated heterocycles. The van der Waals surface area contributed by atoms with Crippen LogP contribution in [0, 0.1) is 6.92 Å². The van der Waals surface area contributed by atoms with Gasteiger partial charge in [-0.25, -0.2) is 4.68 Å². The van der Waals surface area contributed by atoms with E-state index in [1.54, 1.807) is 16.4 Å². The lowest BCUT2D eigenvalue weighted by molar-refractivity contribution is 0.663. The molecule has 0 fully saturated rings. The van der Waals surface area contributed by atoms with Gasteiger partial charge in [0, 0.05) is 18.8 Å². The Morgan fingerprint density at radius 1 is 1.35 bits per heavy atom. The van der Waals surface area contributed by atoms with Gasteiger partial charge in [-0.3, -0.25) is 0 Å². The number of nitrogens with two attached hydrogens (primary N) is 1. The largest absolute Gasteiger partial charge is 0.323 e. The number of hydrogen-bond donors (Lipinski definition) is 1. The summed E-state index contributed by atoms with van der Waals surface area (Å²) >= 11 is 1.56. The third kappa shape index (κ3) is 3.04. The third-order valence-corrected chi connectivity index (χ3v) is 3.61. The molecule has 5 nitrogen and oxygen atoms in total. The fraction of sp³-hybridized carbons (Fsp3) is 0.364. The molecule has 6 heteroatoms. The van der Waals surface area contributed by atoms with Gasteiger partial charge in [-0.15, -0.1) is 5.10 Å². The fourth-order valence-corrected chi connectivity index (χ4v) is 2.26. The van der Waals surface area contributed by atoms with Gasteiger partial charge in [0.1, 0.15) is 0 Å². The number of tetrazole rings is 1. The highest BCUT2D eigenvalue weighted by atomic mass is 32.2. The maximum absolute atomic E-state index is 6.11. The Morgan fingerprint density at radius 3 is 2.65 bits per heavy atom. The topological polar surface area (TPSA) is 69.6 Å². The Hall–Kier alpha value is -1.40. The molecule has 2 aromatic rings. The van der Waals surface area contributed by atoms with Crippen LogP contribution in [-0.2, 0) is 7.05 Å². The number of aromatic nitrogens is 4. The first-order valence-corrected chi connectivity index (χ1v) is 6.32. The quantitative estimate of drug-likeness (QED) is 0.827. The first-order chi connectivity index (χ1) is 8.16. The number of rotatable bonds is 4. The number of aryl methyl sites for hydroxylation is 2. The smallest absolute Gasteiger partial charge is 0.209 e. The third-order valence-electron chi connectivity index (χ3n) is 2.48. The molecule has 0 amide bonds. The lowest BCUT2D eigenvalue weighted by Gasteiger charge is -2.11. The number of thioether (sulfide) groups is 1. The summed E-state index contributed by atoms with van der Waals surface area (Å²) in [4.78, 5) is 0. The summed E-state index contributed by atoms with van der Waals surface area (Å²) in [6, 6.07) is 8.27. The van der Waals surface area contributed by atoms with Gasteiger partial charge in [0.05, 0.1) is 0 Å². The Kier molecular flexibility index (Phi) is 3.75. The molecule has 1 atom stereocenters. The summed E-state index contributed by atoms with van der Waals surface area (Å²) in [5.74, 6) is 0.761. The monoisotopic (exact) mass is 249 g/mol. The van der Waals surface area contributed by atoms with Crippen molar-refractivity contribution in [3.63, 3.8) is 0 Å². The van der Waals surface area contributed by atoms with E-state index >= 15 is 0 Å². The number of nitrogens with zero attached hydrogens (tertiary/aromatic N) is 4. The minimum absolute atomic E-state index is 0.00250. The molecule has 2 N–H and O–H groups in total. The van der Waals surface area contributed by atoms with E-state index < -0.39 is 0 Å². The van der Waals surface area contributed by atoms with Crippen molar-refractivity contribution in [2.75, 3.05) is 5.75 Å². The standard InChI is InChI=1S/C11H15N5S/c1-8-3-5-9(6-4-8)10(12)7-17-11-13-14-15-16(11)2/h3-6,10H,7,12H2,1-2H3. The molecule has 0 radical (unpaired) electrons. The molecule has 2 rings (SSSR count). The van der Waals surface area contributed by atoms with Crippen molar-refractivity contribution in [2.45, 2.75) is 18.1 Å². The van der Waals surface area contributed by atoms with E-state index in [-0.39, 0.29) is 6.04 Å². The average Bonchev–Trinajstić information content (AvgIpc) is 2.73. The van der Waals surface area contributed by atoms with E-state index in [0.29, 0.717) is 0 Å². The van der Waals surface area contributed by atoms with Gasteiger partial charge in [-0.1, -0.05) is 41.6 Å². The summed E-state index contributed by atoms with van der Waals surface area (Å²) < 4.78 is 1.65. The number of benzene rings is 1. The van der Waals surface area contributed by atoms with Crippen molar-refractivity contribution >= 4 is 11.8 Å². The molecule has 17 heavy (non-hydrogen) atoms. The Labute approximate surface area is 104 Å². The molecule has 90 valence electrons. The van der Waals surface area contributed by atoms with Crippen LogP contribution < -0.4 is 5.73 Å². The molecular weight excluding hydrogens is 234 g/mol. The van der Waals surface area contributed by atoms with Crippen LogP contribution in [-0.4, -0.2) is 26.0 Å². The SMILES string of the molecule is Cc1ccc(C(N)CSc2nnnn2C)cc1. The van der Waals surface area contributed by atoms with Crippen LogP contribution in [0.5, 0.6) is 0 Å². The Balaban J connectivity index is 1.95. The van der Waals surface area contributed by atoms with Gasteiger partial charge < -0.3 is 5.73 Å². The summed E-state index contributed by atoms with van der Waals surface area (Å²) in [6.45, 7) is 2.06. The second-order valence-corrected chi connectivity index (χ2v) is 4.90. The van der Waals surface area contributed by atoms with Crippen molar-refractivity contribution < 1.29 is 0 Å². The highest BCUT2D eigenvalue weighted by Gasteiger charge is 2.09. The van der Waals surface area contributed by atoms with Gasteiger partial charge >= 0.3 is 0 Å². The predicted molar refractivity (Wildman–Crippen MR) is 67.6 cm³/mol. The van der Waals surface area contributed by atoms with E-state index in [2.05, 4.69) is 46.7 Å². The molecule has 0 bridgehead atoms. The maximum atomic E-state index is 6.11. The van der Waals surface area contributed by atoms with Crippen LogP contribution in [0.4, 0.5) is 0 Å². The van der Waals surface area contributed by atoms with Crippen LogP contribution in [0.25, 0.3) is 0 Å². The van der Waals surface area contributed by atoms with Gasteiger partial charge in [0.2, 0.25) is 5.16 Å². The lowest BCUT2D eigenvalue weighted by atomic mass is 10.1. The minimum atomic E-state index is -0.00250. The van der Waals surface area contributed by atoms with Gasteiger partial charge in [-0.2, -0.15) is 0 Å². The summed E-state index contributed by atoms with van der Waals surface area (Å²) in [5.41, 5.74) is 8.49. The average molecular weight is 249 g/mol. The van der Waals surface area contributed by atoms with Gasteiger partial charge in [-0.05, 0) is 22.9 Å². The van der Waals surface area contributed by atoms with Crippen LogP contribution >= 0.6 is 11.8 Å². The van der Waals surface area contributed by atoms with E-state index in [4.69, 9.17) is 5.73 Å². The summed E-state index contributed by atoms with van der Waals surface area (Å²) in [7, 11) is 1.82. The summed E-state index contributed by atoms with van der Waals surface area (Å²) in [6.07, 6.45) is 0. The van der Waals surface area contributed by atoms with E-state index in [1.807, 2.05) is 7.05 Å². The second-order valence-electron chi connectivity index (χ2n) is 3.91. The van der Waals surface area contributed by atoms with Crippen LogP contribution in [0.1, 0.15) is 17.2 Å². The minimum Gasteiger partial charge on any atom is -0.323 e. The highest BCUT2D eigenvalue weighted by Crippen LogP contribution is 2.20. The summed E-state index contributed by atoms with van der Waals surface area (Å²) in [5, 5.41) is 12.0. The van der Waals surface area contributed by atoms with E-state index in [1.165, 1.54) is 5.56 Å². The van der Waals surface area contributed by atoms with Crippen molar-refractivity contribution in [1.29, 1.82) is 0 Å². The Morgan fingerprint density at radius 2 is 2.06 bits per heavy atom. The normalized spacial score (nSPS) is 12.6. The van der Waals surface area contributed by atoms with Gasteiger partial charge in [0.15, 0.2) is 0 Å². The van der Waals surface area contributed by atoms with E-state index in [9.17, 15) is 0 Å². The molecule has 1 aromatic carbocycles. The first kappa shape index (κ1) is 12.1. The van der Waals surface area contributed by atoms with Crippen molar-refractivity contribution in [1.82, 2.24) is 20.2 Å². The van der Waals surface area contributed by atoms with Crippen molar-refractivity contribution in [3.8, 4) is 0 Å². The zero-order valence-electron chi connectivity index (χ0n) is 9.87. The molecule has 1 heterocycles. The molecule has 0 aliphatic carbocycles. The Bertz CT molecular complexity index is 479. The van der Waals surface area contributed by atoms with Crippen molar-refractivity contribution in [3.05, 3.63) is 35.4 Å². The lowest BCUT2D eigenvalue weighted by Crippen LogP contribution is -2.13. The second kappa shape index (κ2) is 5.29. The highest BCUT2D eigenvalue weighted by molar-refractivity contribution is 7.99. The molecule has 1 aromatic heterocycles. The molecule has 0 aliphatic rings. The van der Waals surface area contributed by atoms with Crippen LogP contribution in [0.15, 0.2) is 29.4 Å². The van der Waals surface area contributed by atoms with Crippen LogP contribution in [0.2, 0.25) is 0 Å². The zero-order valence-corrected chi connectivity index (χ0v) is 10.7. The van der Waals surface area contributed by atoms with Crippen molar-refractivity contribution in [2.24, 2.45) is 12.8 Å². The fourth-order valence-electron chi connectivity index (χ4n) is 1.42. The molecule has 0 spiro atoms. The molecule has 0 aliphatic heterocycles. The zero-order chi connectivity index (χ0) is 12.3. The first-order valence-electron chi connectivity index (χ1n) is 5.34. The van der Waals surface area contributed by atoms with E-state index in [0.717, 1.165) is 16.5 Å². The predicted octanol–water partition coefficient (Wildman–Crippen LogP) is 1.31. The van der Waals surface area contributed by atoms with Gasteiger partial charge in [0.25, 0.3) is 0 Å². The number of hydrogen-bond acceptors (Lipinski definition) is 5. The maximum Gasteiger partial charge on any atom is 0.209 e. The molecule has 0 saturated carbocycles. The molecular formula is C11H15N5S. The molecule has 1 unspecified atom stereocenters. The van der Waals surface area contributed by atoms with Crippen LogP contribution in [0.3, 0.4) is 0 Å².